The predicted molar refractivity (Wildman–Crippen MR) is 61.2 cm³/mol. The van der Waals surface area contributed by atoms with Crippen molar-refractivity contribution in [2.24, 2.45) is 0 Å². The number of carbonyl (C=O) groups excluding carboxylic acids is 1. The van der Waals surface area contributed by atoms with Crippen molar-refractivity contribution in [1.82, 2.24) is 5.48 Å². The van der Waals surface area contributed by atoms with Gasteiger partial charge < -0.3 is 4.42 Å². The topological polar surface area (TPSA) is 79.5 Å². The molecule has 2 aromatic rings. The fourth-order valence-electron chi connectivity index (χ4n) is 1.78. The summed E-state index contributed by atoms with van der Waals surface area (Å²) in [7, 11) is 0. The normalized spacial score (nSPS) is 10.5. The van der Waals surface area contributed by atoms with Crippen LogP contribution in [0.15, 0.2) is 27.4 Å². The third-order valence-corrected chi connectivity index (χ3v) is 2.65. The Kier molecular flexibility index (Phi) is 2.69. The minimum absolute atomic E-state index is 0.175. The Bertz CT molecular complexity index is 657. The van der Waals surface area contributed by atoms with Crippen LogP contribution in [0.1, 0.15) is 21.5 Å². The van der Waals surface area contributed by atoms with Crippen LogP contribution in [-0.4, -0.2) is 11.1 Å². The summed E-state index contributed by atoms with van der Waals surface area (Å²) in [6.07, 6.45) is 0. The largest absolute Gasteiger partial charge is 0.422 e. The maximum Gasteiger partial charge on any atom is 0.349 e. The van der Waals surface area contributed by atoms with E-state index in [4.69, 9.17) is 9.62 Å². The summed E-state index contributed by atoms with van der Waals surface area (Å²) >= 11 is 0. The lowest BCUT2D eigenvalue weighted by Crippen LogP contribution is -2.26. The Morgan fingerprint density at radius 3 is 2.71 bits per heavy atom. The quantitative estimate of drug-likeness (QED) is 0.444. The first-order chi connectivity index (χ1) is 8.04. The van der Waals surface area contributed by atoms with Gasteiger partial charge in [0, 0.05) is 5.39 Å². The predicted octanol–water partition coefficient (Wildman–Crippen LogP) is 1.53. The van der Waals surface area contributed by atoms with E-state index in [-0.39, 0.29) is 5.56 Å². The van der Waals surface area contributed by atoms with Crippen molar-refractivity contribution in [3.8, 4) is 0 Å². The highest BCUT2D eigenvalue weighted by Gasteiger charge is 2.17. The van der Waals surface area contributed by atoms with E-state index in [2.05, 4.69) is 0 Å². The maximum absolute atomic E-state index is 11.6. The van der Waals surface area contributed by atoms with Crippen LogP contribution in [0.4, 0.5) is 0 Å². The van der Waals surface area contributed by atoms with Gasteiger partial charge in [0.15, 0.2) is 0 Å². The van der Waals surface area contributed by atoms with E-state index in [0.717, 1.165) is 5.56 Å². The van der Waals surface area contributed by atoms with Gasteiger partial charge in [-0.2, -0.15) is 0 Å². The van der Waals surface area contributed by atoms with Gasteiger partial charge in [0.1, 0.15) is 11.1 Å². The SMILES string of the molecule is Cc1ccc2oc(=O)c(C(=O)NO)c(C)c2c1. The second-order valence-electron chi connectivity index (χ2n) is 3.83. The number of amides is 1. The molecule has 1 heterocycles. The van der Waals surface area contributed by atoms with E-state index in [1.54, 1.807) is 13.0 Å². The minimum Gasteiger partial charge on any atom is -0.422 e. The monoisotopic (exact) mass is 233 g/mol. The second-order valence-corrected chi connectivity index (χ2v) is 3.83. The Morgan fingerprint density at radius 1 is 1.35 bits per heavy atom. The van der Waals surface area contributed by atoms with Gasteiger partial charge in [-0.25, -0.2) is 10.3 Å². The molecule has 88 valence electrons. The molecule has 0 aliphatic carbocycles. The lowest BCUT2D eigenvalue weighted by atomic mass is 10.0. The molecular weight excluding hydrogens is 222 g/mol. The molecule has 0 unspecified atom stereocenters. The molecule has 0 fully saturated rings. The number of hydroxylamine groups is 1. The van der Waals surface area contributed by atoms with E-state index in [1.807, 2.05) is 19.1 Å². The van der Waals surface area contributed by atoms with Gasteiger partial charge in [0.25, 0.3) is 5.91 Å². The third-order valence-electron chi connectivity index (χ3n) is 2.65. The highest BCUT2D eigenvalue weighted by atomic mass is 16.5. The lowest BCUT2D eigenvalue weighted by Gasteiger charge is -2.06. The summed E-state index contributed by atoms with van der Waals surface area (Å²) in [5.74, 6) is -0.861. The second kappa shape index (κ2) is 4.03. The molecule has 17 heavy (non-hydrogen) atoms. The van der Waals surface area contributed by atoms with E-state index >= 15 is 0 Å². The molecule has 0 saturated carbocycles. The number of rotatable bonds is 1. The van der Waals surface area contributed by atoms with Crippen LogP contribution >= 0.6 is 0 Å². The molecule has 0 spiro atoms. The van der Waals surface area contributed by atoms with Crippen molar-refractivity contribution in [3.63, 3.8) is 0 Å². The van der Waals surface area contributed by atoms with Crippen molar-refractivity contribution < 1.29 is 14.4 Å². The zero-order valence-corrected chi connectivity index (χ0v) is 9.40. The number of hydrogen-bond donors (Lipinski definition) is 2. The van der Waals surface area contributed by atoms with E-state index in [0.29, 0.717) is 16.5 Å². The van der Waals surface area contributed by atoms with Gasteiger partial charge in [-0.05, 0) is 31.5 Å². The number of hydrogen-bond acceptors (Lipinski definition) is 4. The van der Waals surface area contributed by atoms with Crippen LogP contribution in [0.5, 0.6) is 0 Å². The Balaban J connectivity index is 2.87. The summed E-state index contributed by atoms with van der Waals surface area (Å²) in [6.45, 7) is 3.54. The van der Waals surface area contributed by atoms with Crippen molar-refractivity contribution in [2.45, 2.75) is 13.8 Å². The zero-order valence-electron chi connectivity index (χ0n) is 9.40. The van der Waals surface area contributed by atoms with Crippen molar-refractivity contribution in [2.75, 3.05) is 0 Å². The molecule has 1 amide bonds. The number of nitrogens with one attached hydrogen (secondary N) is 1. The molecular formula is C12H11NO4. The number of carbonyl (C=O) groups is 1. The first-order valence-corrected chi connectivity index (χ1v) is 5.03. The molecule has 5 heteroatoms. The van der Waals surface area contributed by atoms with E-state index < -0.39 is 11.5 Å². The molecule has 2 rings (SSSR count). The van der Waals surface area contributed by atoms with Crippen LogP contribution < -0.4 is 11.1 Å². The van der Waals surface area contributed by atoms with Crippen LogP contribution in [0.25, 0.3) is 11.0 Å². The van der Waals surface area contributed by atoms with Crippen LogP contribution in [-0.2, 0) is 0 Å². The molecule has 0 radical (unpaired) electrons. The van der Waals surface area contributed by atoms with Crippen LogP contribution in [0.2, 0.25) is 0 Å². The third kappa shape index (κ3) is 1.81. The summed E-state index contributed by atoms with van der Waals surface area (Å²) in [6, 6.07) is 5.32. The first kappa shape index (κ1) is 11.3. The molecule has 5 nitrogen and oxygen atoms in total. The van der Waals surface area contributed by atoms with Gasteiger partial charge in [-0.15, -0.1) is 0 Å². The Morgan fingerprint density at radius 2 is 2.06 bits per heavy atom. The maximum atomic E-state index is 11.6. The van der Waals surface area contributed by atoms with Gasteiger partial charge in [0.2, 0.25) is 0 Å². The van der Waals surface area contributed by atoms with Gasteiger partial charge in [-0.1, -0.05) is 11.6 Å². The Labute approximate surface area is 96.6 Å². The first-order valence-electron chi connectivity index (χ1n) is 5.03. The fourth-order valence-corrected chi connectivity index (χ4v) is 1.78. The average Bonchev–Trinajstić information content (AvgIpc) is 2.30. The van der Waals surface area contributed by atoms with Gasteiger partial charge in [-0.3, -0.25) is 10.0 Å². The standard InChI is InChI=1S/C12H11NO4/c1-6-3-4-9-8(5-6)7(2)10(11(14)13-16)12(15)17-9/h3-5,16H,1-2H3,(H,13,14). The lowest BCUT2D eigenvalue weighted by molar-refractivity contribution is 0.0701. The summed E-state index contributed by atoms with van der Waals surface area (Å²) in [5.41, 5.74) is 2.42. The highest BCUT2D eigenvalue weighted by molar-refractivity contribution is 5.98. The minimum atomic E-state index is -0.861. The van der Waals surface area contributed by atoms with Crippen LogP contribution in [0, 0.1) is 13.8 Å². The Hall–Kier alpha value is -2.14. The van der Waals surface area contributed by atoms with Crippen molar-refractivity contribution >= 4 is 16.9 Å². The van der Waals surface area contributed by atoms with Crippen LogP contribution in [0.3, 0.4) is 0 Å². The summed E-state index contributed by atoms with van der Waals surface area (Å²) < 4.78 is 5.02. The van der Waals surface area contributed by atoms with Crippen molar-refractivity contribution in [1.29, 1.82) is 0 Å². The highest BCUT2D eigenvalue weighted by Crippen LogP contribution is 2.20. The number of fused-ring (bicyclic) bond motifs is 1. The van der Waals surface area contributed by atoms with Gasteiger partial charge >= 0.3 is 5.63 Å². The summed E-state index contributed by atoms with van der Waals surface area (Å²) in [5, 5.41) is 9.27. The summed E-state index contributed by atoms with van der Waals surface area (Å²) in [4.78, 5) is 23.0. The van der Waals surface area contributed by atoms with E-state index in [1.165, 1.54) is 5.48 Å². The average molecular weight is 233 g/mol. The molecule has 0 aliphatic heterocycles. The fraction of sp³-hybridized carbons (Fsp3) is 0.167. The molecule has 0 aliphatic rings. The molecule has 1 aromatic carbocycles. The van der Waals surface area contributed by atoms with Gasteiger partial charge in [0.05, 0.1) is 0 Å². The molecule has 1 aromatic heterocycles. The van der Waals surface area contributed by atoms with E-state index in [9.17, 15) is 9.59 Å². The molecule has 2 N–H and O–H groups in total. The molecule has 0 atom stereocenters. The number of benzene rings is 1. The molecule has 0 bridgehead atoms. The smallest absolute Gasteiger partial charge is 0.349 e. The zero-order chi connectivity index (χ0) is 12.6. The van der Waals surface area contributed by atoms with Crippen molar-refractivity contribution in [3.05, 3.63) is 45.3 Å². The number of aryl methyl sites for hydroxylation is 2. The molecule has 0 saturated heterocycles.